The van der Waals surface area contributed by atoms with E-state index < -0.39 is 16.0 Å². The monoisotopic (exact) mass is 411 g/mol. The zero-order valence-electron chi connectivity index (χ0n) is 14.7. The summed E-state index contributed by atoms with van der Waals surface area (Å²) in [7, 11) is -2.54. The highest BCUT2D eigenvalue weighted by molar-refractivity contribution is 7.89. The van der Waals surface area contributed by atoms with Crippen molar-refractivity contribution in [2.75, 3.05) is 13.7 Å². The van der Waals surface area contributed by atoms with E-state index in [1.165, 1.54) is 41.7 Å². The number of rotatable bonds is 5. The normalized spacial score (nSPS) is 17.8. The summed E-state index contributed by atoms with van der Waals surface area (Å²) in [6.07, 6.45) is 1.98. The Morgan fingerprint density at radius 1 is 1.26 bits per heavy atom. The van der Waals surface area contributed by atoms with E-state index in [4.69, 9.17) is 11.6 Å². The topological polar surface area (TPSA) is 63.7 Å². The molecule has 1 aliphatic rings. The van der Waals surface area contributed by atoms with Gasteiger partial charge in [0.05, 0.1) is 22.6 Å². The Bertz CT molecular complexity index is 947. The van der Waals surface area contributed by atoms with Crippen LogP contribution in [-0.4, -0.2) is 38.4 Å². The lowest BCUT2D eigenvalue weighted by molar-refractivity contribution is 0.0601. The van der Waals surface area contributed by atoms with E-state index in [0.29, 0.717) is 13.0 Å². The van der Waals surface area contributed by atoms with Gasteiger partial charge >= 0.3 is 5.97 Å². The highest BCUT2D eigenvalue weighted by Gasteiger charge is 2.35. The Hall–Kier alpha value is -1.96. The molecule has 27 heavy (non-hydrogen) atoms. The van der Waals surface area contributed by atoms with E-state index >= 15 is 0 Å². The average molecular weight is 412 g/mol. The fourth-order valence-electron chi connectivity index (χ4n) is 3.29. The van der Waals surface area contributed by atoms with Gasteiger partial charge in [-0.1, -0.05) is 23.7 Å². The van der Waals surface area contributed by atoms with Crippen LogP contribution in [-0.2, 0) is 21.2 Å². The fourth-order valence-corrected chi connectivity index (χ4v) is 5.33. The first kappa shape index (κ1) is 19.8. The molecule has 8 heteroatoms. The highest BCUT2D eigenvalue weighted by Crippen LogP contribution is 2.30. The molecule has 2 aromatic carbocycles. The predicted molar refractivity (Wildman–Crippen MR) is 99.8 cm³/mol. The predicted octanol–water partition coefficient (Wildman–Crippen LogP) is 3.66. The molecule has 5 nitrogen and oxygen atoms in total. The number of methoxy groups -OCH3 is 1. The van der Waals surface area contributed by atoms with Gasteiger partial charge in [0.2, 0.25) is 10.0 Å². The van der Waals surface area contributed by atoms with Crippen LogP contribution in [0.3, 0.4) is 0 Å². The second-order valence-corrected chi connectivity index (χ2v) is 8.67. The molecule has 0 amide bonds. The molecule has 0 saturated carbocycles. The minimum Gasteiger partial charge on any atom is -0.465 e. The van der Waals surface area contributed by atoms with Gasteiger partial charge in [-0.3, -0.25) is 0 Å². The molecule has 1 atom stereocenters. The molecule has 0 bridgehead atoms. The first-order chi connectivity index (χ1) is 12.8. The van der Waals surface area contributed by atoms with Crippen LogP contribution in [0.15, 0.2) is 47.4 Å². The number of esters is 1. The Labute approximate surface area is 162 Å². The molecule has 0 N–H and O–H groups in total. The average Bonchev–Trinajstić information content (AvgIpc) is 3.12. The maximum atomic E-state index is 13.1. The van der Waals surface area contributed by atoms with Gasteiger partial charge in [-0.2, -0.15) is 4.31 Å². The maximum Gasteiger partial charge on any atom is 0.339 e. The van der Waals surface area contributed by atoms with Gasteiger partial charge in [0.25, 0.3) is 0 Å². The molecular weight excluding hydrogens is 393 g/mol. The standard InChI is InChI=1S/C19H19ClFNO4S/c1-26-19(23)17-9-8-16(12-18(17)20)27(24,25)22-10-2-3-15(22)11-13-4-6-14(21)7-5-13/h4-9,12,15H,2-3,10-11H2,1H3. The molecule has 2 aromatic rings. The van der Waals surface area contributed by atoms with Crippen LogP contribution < -0.4 is 0 Å². The van der Waals surface area contributed by atoms with Crippen molar-refractivity contribution in [1.82, 2.24) is 4.31 Å². The van der Waals surface area contributed by atoms with Crippen LogP contribution in [0.25, 0.3) is 0 Å². The molecule has 1 unspecified atom stereocenters. The molecule has 1 fully saturated rings. The van der Waals surface area contributed by atoms with Crippen molar-refractivity contribution >= 4 is 27.6 Å². The van der Waals surface area contributed by atoms with Crippen molar-refractivity contribution < 1.29 is 22.3 Å². The number of hydrogen-bond donors (Lipinski definition) is 0. The zero-order chi connectivity index (χ0) is 19.6. The maximum absolute atomic E-state index is 13.1. The quantitative estimate of drug-likeness (QED) is 0.704. The van der Waals surface area contributed by atoms with E-state index in [9.17, 15) is 17.6 Å². The largest absolute Gasteiger partial charge is 0.465 e. The van der Waals surface area contributed by atoms with Gasteiger partial charge in [-0.25, -0.2) is 17.6 Å². The van der Waals surface area contributed by atoms with Gasteiger partial charge in [0.1, 0.15) is 5.82 Å². The molecule has 0 radical (unpaired) electrons. The third-order valence-corrected chi connectivity index (χ3v) is 6.92. The first-order valence-electron chi connectivity index (χ1n) is 8.47. The van der Waals surface area contributed by atoms with Crippen molar-refractivity contribution in [3.8, 4) is 0 Å². The van der Waals surface area contributed by atoms with Crippen LogP contribution in [0.1, 0.15) is 28.8 Å². The van der Waals surface area contributed by atoms with Gasteiger partial charge < -0.3 is 4.74 Å². The van der Waals surface area contributed by atoms with E-state index in [1.54, 1.807) is 12.1 Å². The molecule has 1 saturated heterocycles. The summed E-state index contributed by atoms with van der Waals surface area (Å²) in [5.41, 5.74) is 0.991. The molecule has 0 spiro atoms. The Kier molecular flexibility index (Phi) is 5.83. The van der Waals surface area contributed by atoms with Crippen molar-refractivity contribution in [3.05, 3.63) is 64.4 Å². The van der Waals surface area contributed by atoms with Gasteiger partial charge in [-0.15, -0.1) is 0 Å². The lowest BCUT2D eigenvalue weighted by Crippen LogP contribution is -2.36. The number of benzene rings is 2. The minimum absolute atomic E-state index is 0.0252. The second kappa shape index (κ2) is 7.96. The summed E-state index contributed by atoms with van der Waals surface area (Å²) in [6, 6.07) is 9.85. The molecular formula is C19H19ClFNO4S. The Morgan fingerprint density at radius 2 is 1.96 bits per heavy atom. The summed E-state index contributed by atoms with van der Waals surface area (Å²) >= 11 is 6.08. The van der Waals surface area contributed by atoms with Gasteiger partial charge in [0, 0.05) is 12.6 Å². The van der Waals surface area contributed by atoms with E-state index in [-0.39, 0.29) is 27.3 Å². The number of halogens is 2. The number of carbonyl (C=O) groups is 1. The zero-order valence-corrected chi connectivity index (χ0v) is 16.3. The number of sulfonamides is 1. The molecule has 1 heterocycles. The number of nitrogens with zero attached hydrogens (tertiary/aromatic N) is 1. The molecule has 0 aliphatic carbocycles. The summed E-state index contributed by atoms with van der Waals surface area (Å²) in [5, 5.41) is 0.0252. The fraction of sp³-hybridized carbons (Fsp3) is 0.316. The lowest BCUT2D eigenvalue weighted by Gasteiger charge is -2.24. The lowest BCUT2D eigenvalue weighted by atomic mass is 10.0. The van der Waals surface area contributed by atoms with Gasteiger partial charge in [-0.05, 0) is 55.2 Å². The van der Waals surface area contributed by atoms with E-state index in [2.05, 4.69) is 4.74 Å². The number of hydrogen-bond acceptors (Lipinski definition) is 4. The molecule has 1 aliphatic heterocycles. The van der Waals surface area contributed by atoms with Crippen molar-refractivity contribution in [3.63, 3.8) is 0 Å². The van der Waals surface area contributed by atoms with Crippen LogP contribution in [0, 0.1) is 5.82 Å². The first-order valence-corrected chi connectivity index (χ1v) is 10.3. The van der Waals surface area contributed by atoms with Crippen LogP contribution >= 0.6 is 11.6 Å². The van der Waals surface area contributed by atoms with E-state index in [0.717, 1.165) is 18.4 Å². The second-order valence-electron chi connectivity index (χ2n) is 6.38. The molecule has 144 valence electrons. The van der Waals surface area contributed by atoms with Crippen molar-refractivity contribution in [2.45, 2.75) is 30.2 Å². The molecule has 0 aromatic heterocycles. The van der Waals surface area contributed by atoms with Crippen LogP contribution in [0.5, 0.6) is 0 Å². The number of carbonyl (C=O) groups excluding carboxylic acids is 1. The van der Waals surface area contributed by atoms with Gasteiger partial charge in [0.15, 0.2) is 0 Å². The smallest absolute Gasteiger partial charge is 0.339 e. The SMILES string of the molecule is COC(=O)c1ccc(S(=O)(=O)N2CCCC2Cc2ccc(F)cc2)cc1Cl. The Balaban J connectivity index is 1.85. The van der Waals surface area contributed by atoms with E-state index in [1.807, 2.05) is 0 Å². The Morgan fingerprint density at radius 3 is 2.59 bits per heavy atom. The van der Waals surface area contributed by atoms with Crippen LogP contribution in [0.2, 0.25) is 5.02 Å². The number of ether oxygens (including phenoxy) is 1. The van der Waals surface area contributed by atoms with Crippen molar-refractivity contribution in [2.24, 2.45) is 0 Å². The van der Waals surface area contributed by atoms with Crippen molar-refractivity contribution in [1.29, 1.82) is 0 Å². The van der Waals surface area contributed by atoms with Crippen LogP contribution in [0.4, 0.5) is 4.39 Å². The summed E-state index contributed by atoms with van der Waals surface area (Å²) in [5.74, 6) is -0.950. The summed E-state index contributed by atoms with van der Waals surface area (Å²) in [6.45, 7) is 0.407. The molecule has 3 rings (SSSR count). The third-order valence-electron chi connectivity index (χ3n) is 4.66. The third kappa shape index (κ3) is 4.15. The summed E-state index contributed by atoms with van der Waals surface area (Å²) in [4.78, 5) is 11.7. The minimum atomic E-state index is -3.77. The summed E-state index contributed by atoms with van der Waals surface area (Å²) < 4.78 is 45.3. The highest BCUT2D eigenvalue weighted by atomic mass is 35.5.